The lowest BCUT2D eigenvalue weighted by atomic mass is 10.1. The molecule has 0 aliphatic heterocycles. The highest BCUT2D eigenvalue weighted by Crippen LogP contribution is 2.12. The van der Waals surface area contributed by atoms with Gasteiger partial charge in [-0.1, -0.05) is 19.9 Å². The van der Waals surface area contributed by atoms with E-state index in [1.165, 1.54) is 0 Å². The number of amides is 1. The van der Waals surface area contributed by atoms with E-state index in [1.54, 1.807) is 12.1 Å². The molecule has 0 saturated heterocycles. The topological polar surface area (TPSA) is 55.1 Å². The molecule has 0 saturated carbocycles. The van der Waals surface area contributed by atoms with E-state index in [1.807, 2.05) is 13.0 Å². The van der Waals surface area contributed by atoms with Crippen LogP contribution in [0.15, 0.2) is 18.2 Å². The Balaban J connectivity index is 2.77. The molecular weight excluding hydrogens is 188 g/mol. The van der Waals surface area contributed by atoms with E-state index in [-0.39, 0.29) is 5.91 Å². The van der Waals surface area contributed by atoms with Gasteiger partial charge in [-0.25, -0.2) is 0 Å². The van der Waals surface area contributed by atoms with E-state index < -0.39 is 0 Å². The van der Waals surface area contributed by atoms with Gasteiger partial charge < -0.3 is 11.1 Å². The number of hydrogen-bond acceptors (Lipinski definition) is 2. The fourth-order valence-electron chi connectivity index (χ4n) is 1.28. The highest BCUT2D eigenvalue weighted by Gasteiger charge is 2.08. The van der Waals surface area contributed by atoms with Crippen LogP contribution in [0.4, 0.5) is 5.69 Å². The molecule has 3 nitrogen and oxygen atoms in total. The van der Waals surface area contributed by atoms with Crippen molar-refractivity contribution in [2.45, 2.75) is 20.8 Å². The first-order chi connectivity index (χ1) is 7.00. The third kappa shape index (κ3) is 3.27. The molecule has 3 N–H and O–H groups in total. The molecule has 0 aliphatic carbocycles. The summed E-state index contributed by atoms with van der Waals surface area (Å²) in [4.78, 5) is 11.8. The van der Waals surface area contributed by atoms with E-state index >= 15 is 0 Å². The number of carbonyl (C=O) groups excluding carboxylic acids is 1. The molecule has 0 bridgehead atoms. The van der Waals surface area contributed by atoms with Crippen molar-refractivity contribution in [1.82, 2.24) is 5.32 Å². The molecule has 0 aromatic heterocycles. The lowest BCUT2D eigenvalue weighted by Gasteiger charge is -2.10. The Morgan fingerprint density at radius 2 is 2.13 bits per heavy atom. The number of anilines is 1. The standard InChI is InChI=1S/C12H18N2O/c1-8(2)7-14-12(15)11-6-10(13)5-4-9(11)3/h4-6,8H,7,13H2,1-3H3,(H,14,15). The summed E-state index contributed by atoms with van der Waals surface area (Å²) in [6.45, 7) is 6.72. The van der Waals surface area contributed by atoms with Crippen LogP contribution in [-0.2, 0) is 0 Å². The molecule has 0 spiro atoms. The zero-order valence-electron chi connectivity index (χ0n) is 9.50. The molecule has 82 valence electrons. The van der Waals surface area contributed by atoms with Crippen LogP contribution in [0.5, 0.6) is 0 Å². The first kappa shape index (κ1) is 11.6. The van der Waals surface area contributed by atoms with Crippen molar-refractivity contribution in [3.8, 4) is 0 Å². The van der Waals surface area contributed by atoms with Crippen molar-refractivity contribution in [3.05, 3.63) is 29.3 Å². The van der Waals surface area contributed by atoms with Gasteiger partial charge in [-0.05, 0) is 30.5 Å². The van der Waals surface area contributed by atoms with E-state index in [2.05, 4.69) is 19.2 Å². The van der Waals surface area contributed by atoms with Crippen molar-refractivity contribution in [1.29, 1.82) is 0 Å². The van der Waals surface area contributed by atoms with E-state index in [9.17, 15) is 4.79 Å². The number of carbonyl (C=O) groups is 1. The average molecular weight is 206 g/mol. The van der Waals surface area contributed by atoms with Crippen molar-refractivity contribution in [3.63, 3.8) is 0 Å². The molecule has 0 fully saturated rings. The van der Waals surface area contributed by atoms with E-state index in [0.717, 1.165) is 5.56 Å². The molecule has 0 atom stereocenters. The molecule has 15 heavy (non-hydrogen) atoms. The van der Waals surface area contributed by atoms with Gasteiger partial charge in [0.15, 0.2) is 0 Å². The predicted octanol–water partition coefficient (Wildman–Crippen LogP) is 1.96. The molecule has 0 unspecified atom stereocenters. The zero-order valence-corrected chi connectivity index (χ0v) is 9.50. The summed E-state index contributed by atoms with van der Waals surface area (Å²) in [5.41, 5.74) is 7.87. The largest absolute Gasteiger partial charge is 0.399 e. The summed E-state index contributed by atoms with van der Waals surface area (Å²) < 4.78 is 0. The quantitative estimate of drug-likeness (QED) is 0.743. The van der Waals surface area contributed by atoms with Crippen molar-refractivity contribution in [2.24, 2.45) is 5.92 Å². The van der Waals surface area contributed by atoms with Crippen LogP contribution in [0.3, 0.4) is 0 Å². The van der Waals surface area contributed by atoms with E-state index in [0.29, 0.717) is 23.7 Å². The number of nitrogens with one attached hydrogen (secondary N) is 1. The van der Waals surface area contributed by atoms with Gasteiger partial charge in [-0.3, -0.25) is 4.79 Å². The average Bonchev–Trinajstić information content (AvgIpc) is 2.18. The molecule has 1 aromatic rings. The number of benzene rings is 1. The second-order valence-electron chi connectivity index (χ2n) is 4.18. The Morgan fingerprint density at radius 3 is 2.73 bits per heavy atom. The molecule has 1 aromatic carbocycles. The van der Waals surface area contributed by atoms with Gasteiger partial charge in [-0.2, -0.15) is 0 Å². The molecule has 0 aliphatic rings. The molecule has 0 radical (unpaired) electrons. The monoisotopic (exact) mass is 206 g/mol. The summed E-state index contributed by atoms with van der Waals surface area (Å²) in [6.07, 6.45) is 0. The second-order valence-corrected chi connectivity index (χ2v) is 4.18. The Hall–Kier alpha value is -1.51. The third-order valence-corrected chi connectivity index (χ3v) is 2.18. The summed E-state index contributed by atoms with van der Waals surface area (Å²) in [5.74, 6) is 0.406. The van der Waals surface area contributed by atoms with Gasteiger partial charge in [0, 0.05) is 17.8 Å². The lowest BCUT2D eigenvalue weighted by molar-refractivity contribution is 0.0948. The van der Waals surface area contributed by atoms with Crippen LogP contribution < -0.4 is 11.1 Å². The SMILES string of the molecule is Cc1ccc(N)cc1C(=O)NCC(C)C. The second kappa shape index (κ2) is 4.82. The number of rotatable bonds is 3. The Kier molecular flexibility index (Phi) is 3.72. The number of nitrogens with two attached hydrogens (primary N) is 1. The van der Waals surface area contributed by atoms with Crippen LogP contribution in [0.25, 0.3) is 0 Å². The molecule has 1 amide bonds. The van der Waals surface area contributed by atoms with Gasteiger partial charge in [0.1, 0.15) is 0 Å². The Bertz CT molecular complexity index is 359. The first-order valence-corrected chi connectivity index (χ1v) is 5.15. The van der Waals surface area contributed by atoms with Gasteiger partial charge >= 0.3 is 0 Å². The zero-order chi connectivity index (χ0) is 11.4. The minimum atomic E-state index is -0.0477. The maximum absolute atomic E-state index is 11.8. The van der Waals surface area contributed by atoms with Gasteiger partial charge in [0.05, 0.1) is 0 Å². The normalized spacial score (nSPS) is 10.4. The predicted molar refractivity (Wildman–Crippen MR) is 62.8 cm³/mol. The Morgan fingerprint density at radius 1 is 1.47 bits per heavy atom. The van der Waals surface area contributed by atoms with Crippen molar-refractivity contribution >= 4 is 11.6 Å². The van der Waals surface area contributed by atoms with Crippen LogP contribution in [0.1, 0.15) is 29.8 Å². The smallest absolute Gasteiger partial charge is 0.251 e. The van der Waals surface area contributed by atoms with Crippen LogP contribution in [0, 0.1) is 12.8 Å². The number of hydrogen-bond donors (Lipinski definition) is 2. The maximum atomic E-state index is 11.8. The van der Waals surface area contributed by atoms with Crippen LogP contribution in [-0.4, -0.2) is 12.5 Å². The highest BCUT2D eigenvalue weighted by atomic mass is 16.1. The van der Waals surface area contributed by atoms with Gasteiger partial charge in [0.2, 0.25) is 0 Å². The van der Waals surface area contributed by atoms with Crippen LogP contribution >= 0.6 is 0 Å². The fraction of sp³-hybridized carbons (Fsp3) is 0.417. The summed E-state index contributed by atoms with van der Waals surface area (Å²) >= 11 is 0. The molecule has 0 heterocycles. The number of aryl methyl sites for hydroxylation is 1. The van der Waals surface area contributed by atoms with Gasteiger partial charge in [0.25, 0.3) is 5.91 Å². The van der Waals surface area contributed by atoms with Crippen molar-refractivity contribution < 1.29 is 4.79 Å². The molecule has 3 heteroatoms. The maximum Gasteiger partial charge on any atom is 0.251 e. The summed E-state index contributed by atoms with van der Waals surface area (Å²) in [7, 11) is 0. The van der Waals surface area contributed by atoms with E-state index in [4.69, 9.17) is 5.73 Å². The van der Waals surface area contributed by atoms with Gasteiger partial charge in [-0.15, -0.1) is 0 Å². The van der Waals surface area contributed by atoms with Crippen LogP contribution in [0.2, 0.25) is 0 Å². The third-order valence-electron chi connectivity index (χ3n) is 2.18. The minimum absolute atomic E-state index is 0.0477. The number of nitrogen functional groups attached to an aromatic ring is 1. The lowest BCUT2D eigenvalue weighted by Crippen LogP contribution is -2.27. The Labute approximate surface area is 90.7 Å². The first-order valence-electron chi connectivity index (χ1n) is 5.15. The highest BCUT2D eigenvalue weighted by molar-refractivity contribution is 5.96. The minimum Gasteiger partial charge on any atom is -0.399 e. The summed E-state index contributed by atoms with van der Waals surface area (Å²) in [5, 5.41) is 2.87. The molecule has 1 rings (SSSR count). The fourth-order valence-corrected chi connectivity index (χ4v) is 1.28. The van der Waals surface area contributed by atoms with Crippen molar-refractivity contribution in [2.75, 3.05) is 12.3 Å². The summed E-state index contributed by atoms with van der Waals surface area (Å²) in [6, 6.07) is 5.37. The molecular formula is C12H18N2O.